The minimum atomic E-state index is -0.103. The monoisotopic (exact) mass is 398 g/mol. The maximum atomic E-state index is 12.7. The largest absolute Gasteiger partial charge is 0.310 e. The summed E-state index contributed by atoms with van der Waals surface area (Å²) < 4.78 is 4.11. The Balaban J connectivity index is 1.80. The lowest BCUT2D eigenvalue weighted by Crippen LogP contribution is -2.19. The molecule has 5 rings (SSSR count). The Morgan fingerprint density at radius 2 is 1.72 bits per heavy atom. The molecule has 0 aliphatic rings. The summed E-state index contributed by atoms with van der Waals surface area (Å²) in [6.07, 6.45) is 1.75. The van der Waals surface area contributed by atoms with Crippen LogP contribution < -0.4 is 10.4 Å². The van der Waals surface area contributed by atoms with E-state index >= 15 is 0 Å². The number of fused-ring (bicyclic) bond motifs is 2. The fourth-order valence-electron chi connectivity index (χ4n) is 3.46. The summed E-state index contributed by atoms with van der Waals surface area (Å²) in [6.45, 7) is 0.624. The van der Waals surface area contributed by atoms with Gasteiger partial charge in [0.25, 0.3) is 5.56 Å². The summed E-state index contributed by atoms with van der Waals surface area (Å²) in [5.41, 5.74) is 2.74. The van der Waals surface area contributed by atoms with Crippen LogP contribution in [0, 0.1) is 0 Å². The van der Waals surface area contributed by atoms with Gasteiger partial charge in [-0.25, -0.2) is 9.67 Å². The van der Waals surface area contributed by atoms with E-state index in [9.17, 15) is 4.79 Å². The number of hydrogen-bond acceptors (Lipinski definition) is 4. The van der Waals surface area contributed by atoms with E-state index in [4.69, 9.17) is 4.99 Å². The molecule has 0 amide bonds. The maximum Gasteiger partial charge on any atom is 0.286 e. The van der Waals surface area contributed by atoms with E-state index in [1.165, 1.54) is 16.0 Å². The third kappa shape index (κ3) is 3.17. The first-order valence-electron chi connectivity index (χ1n) is 9.33. The highest BCUT2D eigenvalue weighted by Gasteiger charge is 2.12. The van der Waals surface area contributed by atoms with Crippen molar-refractivity contribution < 1.29 is 0 Å². The van der Waals surface area contributed by atoms with Crippen LogP contribution in [0.4, 0.5) is 5.69 Å². The van der Waals surface area contributed by atoms with E-state index < -0.39 is 0 Å². The highest BCUT2D eigenvalue weighted by molar-refractivity contribution is 7.16. The summed E-state index contributed by atoms with van der Waals surface area (Å²) in [5.74, 6) is 0. The molecule has 2 aromatic heterocycles. The van der Waals surface area contributed by atoms with Gasteiger partial charge in [-0.3, -0.25) is 4.79 Å². The fourth-order valence-corrected chi connectivity index (χ4v) is 4.54. The average Bonchev–Trinajstić information content (AvgIpc) is 3.09. The molecule has 0 radical (unpaired) electrons. The van der Waals surface area contributed by atoms with Gasteiger partial charge in [-0.15, -0.1) is 0 Å². The molecule has 0 fully saturated rings. The number of aryl methyl sites for hydroxylation is 1. The topological polar surface area (TPSA) is 52.2 Å². The van der Waals surface area contributed by atoms with Crippen molar-refractivity contribution in [1.29, 1.82) is 0 Å². The summed E-state index contributed by atoms with van der Waals surface area (Å²) >= 11 is 1.41. The SMILES string of the molecule is Cn1ncc2c(sc(=Nc3cccc4ccccc34)n2Cc2ccccc2)c1=O. The van der Waals surface area contributed by atoms with Gasteiger partial charge in [-0.1, -0.05) is 78.1 Å². The Hall–Kier alpha value is -3.51. The van der Waals surface area contributed by atoms with E-state index in [2.05, 4.69) is 40.0 Å². The molecule has 0 aliphatic carbocycles. The van der Waals surface area contributed by atoms with Crippen LogP contribution in [0.2, 0.25) is 0 Å². The van der Waals surface area contributed by atoms with Crippen LogP contribution in [0.1, 0.15) is 5.56 Å². The lowest BCUT2D eigenvalue weighted by Gasteiger charge is -2.06. The van der Waals surface area contributed by atoms with Crippen molar-refractivity contribution in [1.82, 2.24) is 14.3 Å². The van der Waals surface area contributed by atoms with Gasteiger partial charge in [0.1, 0.15) is 4.70 Å². The van der Waals surface area contributed by atoms with Crippen molar-refractivity contribution in [2.45, 2.75) is 6.54 Å². The fraction of sp³-hybridized carbons (Fsp3) is 0.0870. The molecule has 0 saturated heterocycles. The third-order valence-corrected chi connectivity index (χ3v) is 6.04. The number of hydrogen-bond donors (Lipinski definition) is 0. The number of aromatic nitrogens is 3. The first-order chi connectivity index (χ1) is 14.2. The average molecular weight is 398 g/mol. The van der Waals surface area contributed by atoms with Gasteiger partial charge in [-0.05, 0) is 17.0 Å². The van der Waals surface area contributed by atoms with Gasteiger partial charge < -0.3 is 4.57 Å². The van der Waals surface area contributed by atoms with Crippen LogP contribution >= 0.6 is 11.3 Å². The lowest BCUT2D eigenvalue weighted by molar-refractivity contribution is 0.712. The molecule has 29 heavy (non-hydrogen) atoms. The number of rotatable bonds is 3. The first-order valence-corrected chi connectivity index (χ1v) is 10.1. The van der Waals surface area contributed by atoms with Crippen LogP contribution in [-0.4, -0.2) is 14.3 Å². The van der Waals surface area contributed by atoms with Crippen LogP contribution in [0.15, 0.2) is 88.8 Å². The Labute approximate surface area is 170 Å². The molecule has 3 aromatic carbocycles. The van der Waals surface area contributed by atoms with Crippen LogP contribution in [-0.2, 0) is 13.6 Å². The van der Waals surface area contributed by atoms with Gasteiger partial charge in [0.15, 0.2) is 4.80 Å². The molecule has 0 unspecified atom stereocenters. The number of thiazole rings is 1. The zero-order valence-electron chi connectivity index (χ0n) is 15.8. The molecule has 0 saturated carbocycles. The third-order valence-electron chi connectivity index (χ3n) is 4.96. The summed E-state index contributed by atoms with van der Waals surface area (Å²) in [5, 5.41) is 6.46. The number of benzene rings is 3. The highest BCUT2D eigenvalue weighted by Crippen LogP contribution is 2.25. The summed E-state index contributed by atoms with van der Waals surface area (Å²) in [6, 6.07) is 24.5. The van der Waals surface area contributed by atoms with Crippen molar-refractivity contribution in [3.05, 3.63) is 99.7 Å². The predicted molar refractivity (Wildman–Crippen MR) is 118 cm³/mol. The lowest BCUT2D eigenvalue weighted by atomic mass is 10.1. The van der Waals surface area contributed by atoms with Gasteiger partial charge in [0, 0.05) is 12.4 Å². The second kappa shape index (κ2) is 7.14. The molecule has 0 N–H and O–H groups in total. The molecule has 2 heterocycles. The molecule has 0 atom stereocenters. The molecular formula is C23H18N4OS. The van der Waals surface area contributed by atoms with Gasteiger partial charge >= 0.3 is 0 Å². The quantitative estimate of drug-likeness (QED) is 0.457. The van der Waals surface area contributed by atoms with Crippen molar-refractivity contribution in [2.24, 2.45) is 12.0 Å². The van der Waals surface area contributed by atoms with Crippen molar-refractivity contribution in [2.75, 3.05) is 0 Å². The zero-order valence-corrected chi connectivity index (χ0v) is 16.6. The second-order valence-electron chi connectivity index (χ2n) is 6.85. The van der Waals surface area contributed by atoms with E-state index in [0.29, 0.717) is 11.2 Å². The minimum Gasteiger partial charge on any atom is -0.310 e. The molecule has 0 aliphatic heterocycles. The van der Waals surface area contributed by atoms with Crippen LogP contribution in [0.3, 0.4) is 0 Å². The van der Waals surface area contributed by atoms with Gasteiger partial charge in [0.05, 0.1) is 23.9 Å². The second-order valence-corrected chi connectivity index (χ2v) is 7.83. The Bertz CT molecular complexity index is 1460. The summed E-state index contributed by atoms with van der Waals surface area (Å²) in [4.78, 5) is 18.4. The van der Waals surface area contributed by atoms with Crippen molar-refractivity contribution >= 4 is 38.0 Å². The predicted octanol–water partition coefficient (Wildman–Crippen LogP) is 4.23. The molecular weight excluding hydrogens is 380 g/mol. The van der Waals surface area contributed by atoms with Gasteiger partial charge in [-0.2, -0.15) is 5.10 Å². The molecule has 5 aromatic rings. The smallest absolute Gasteiger partial charge is 0.286 e. The number of nitrogens with zero attached hydrogens (tertiary/aromatic N) is 4. The van der Waals surface area contributed by atoms with Crippen LogP contribution in [0.5, 0.6) is 0 Å². The van der Waals surface area contributed by atoms with Gasteiger partial charge in [0.2, 0.25) is 0 Å². The first kappa shape index (κ1) is 17.6. The Kier molecular flexibility index (Phi) is 4.33. The van der Waals surface area contributed by atoms with Crippen molar-refractivity contribution in [3.8, 4) is 0 Å². The van der Waals surface area contributed by atoms with E-state index in [1.54, 1.807) is 13.2 Å². The molecule has 6 heteroatoms. The molecule has 0 spiro atoms. The standard InChI is InChI=1S/C23H18N4OS/c1-26-22(28)21-20(14-24-26)27(15-16-8-3-2-4-9-16)23(29-21)25-19-13-7-11-17-10-5-6-12-18(17)19/h2-14H,15H2,1H3. The van der Waals surface area contributed by atoms with Crippen molar-refractivity contribution in [3.63, 3.8) is 0 Å². The highest BCUT2D eigenvalue weighted by atomic mass is 32.1. The maximum absolute atomic E-state index is 12.7. The molecule has 142 valence electrons. The zero-order chi connectivity index (χ0) is 19.8. The summed E-state index contributed by atoms with van der Waals surface area (Å²) in [7, 11) is 1.67. The van der Waals surface area contributed by atoms with E-state index in [1.807, 2.05) is 42.5 Å². The Morgan fingerprint density at radius 1 is 0.966 bits per heavy atom. The molecule has 0 bridgehead atoms. The van der Waals surface area contributed by atoms with E-state index in [0.717, 1.165) is 32.3 Å². The van der Waals surface area contributed by atoms with E-state index in [-0.39, 0.29) is 5.56 Å². The molecule has 5 nitrogen and oxygen atoms in total. The van der Waals surface area contributed by atoms with Crippen LogP contribution in [0.25, 0.3) is 21.0 Å². The Morgan fingerprint density at radius 3 is 2.59 bits per heavy atom. The normalized spacial score (nSPS) is 12.1. The minimum absolute atomic E-state index is 0.103.